The lowest BCUT2D eigenvalue weighted by Crippen LogP contribution is -2.09. The van der Waals surface area contributed by atoms with Gasteiger partial charge in [-0.1, -0.05) is 12.1 Å². The second-order valence-corrected chi connectivity index (χ2v) is 5.95. The van der Waals surface area contributed by atoms with Crippen LogP contribution in [0.3, 0.4) is 0 Å². The smallest absolute Gasteiger partial charge is 0.126 e. The van der Waals surface area contributed by atoms with Crippen molar-refractivity contribution in [3.05, 3.63) is 68.5 Å². The molecular weight excluding hydrogens is 263 g/mol. The highest BCUT2D eigenvalue weighted by Gasteiger charge is 2.20. The van der Waals surface area contributed by atoms with Crippen molar-refractivity contribution in [2.45, 2.75) is 47.6 Å². The summed E-state index contributed by atoms with van der Waals surface area (Å²) in [6.07, 6.45) is -0.720. The lowest BCUT2D eigenvalue weighted by atomic mass is 9.85. The van der Waals surface area contributed by atoms with Crippen molar-refractivity contribution in [3.63, 3.8) is 0 Å². The molecule has 2 aromatic rings. The van der Waals surface area contributed by atoms with E-state index in [4.69, 9.17) is 0 Å². The number of aliphatic hydroxyl groups is 1. The average molecular weight is 286 g/mol. The van der Waals surface area contributed by atoms with E-state index in [0.29, 0.717) is 5.56 Å². The number of halogens is 1. The number of hydrogen-bond donors (Lipinski definition) is 1. The first-order valence-electron chi connectivity index (χ1n) is 7.26. The molecule has 21 heavy (non-hydrogen) atoms. The molecule has 0 spiro atoms. The van der Waals surface area contributed by atoms with Crippen LogP contribution < -0.4 is 0 Å². The van der Waals surface area contributed by atoms with Gasteiger partial charge < -0.3 is 5.11 Å². The van der Waals surface area contributed by atoms with Crippen LogP contribution in [-0.4, -0.2) is 5.11 Å². The predicted molar refractivity (Wildman–Crippen MR) is 85.3 cm³/mol. The van der Waals surface area contributed by atoms with E-state index in [1.165, 1.54) is 22.8 Å². The Labute approximate surface area is 126 Å². The van der Waals surface area contributed by atoms with Crippen LogP contribution in [0.1, 0.15) is 50.6 Å². The Kier molecular flexibility index (Phi) is 4.20. The fourth-order valence-corrected chi connectivity index (χ4v) is 2.94. The Morgan fingerprint density at radius 2 is 1.29 bits per heavy atom. The third-order valence-corrected chi connectivity index (χ3v) is 4.83. The number of aryl methyl sites for hydroxylation is 1. The third-order valence-electron chi connectivity index (χ3n) is 4.83. The zero-order valence-electron chi connectivity index (χ0n) is 13.6. The second kappa shape index (κ2) is 5.61. The first-order valence-corrected chi connectivity index (χ1v) is 7.26. The third kappa shape index (κ3) is 2.60. The number of aliphatic hydroxyl groups excluding tert-OH is 1. The van der Waals surface area contributed by atoms with E-state index in [-0.39, 0.29) is 5.82 Å². The Morgan fingerprint density at radius 3 is 1.76 bits per heavy atom. The van der Waals surface area contributed by atoms with Crippen LogP contribution in [-0.2, 0) is 0 Å². The first kappa shape index (κ1) is 15.7. The molecule has 112 valence electrons. The molecule has 1 nitrogen and oxygen atoms in total. The van der Waals surface area contributed by atoms with Crippen LogP contribution in [0.4, 0.5) is 4.39 Å². The SMILES string of the molecule is Cc1cc(C(O)c2c(C)c(C)c(C)c(C)c2C)ccc1F. The molecule has 0 amide bonds. The fourth-order valence-electron chi connectivity index (χ4n) is 2.94. The van der Waals surface area contributed by atoms with Gasteiger partial charge in [0, 0.05) is 0 Å². The lowest BCUT2D eigenvalue weighted by molar-refractivity contribution is 0.218. The van der Waals surface area contributed by atoms with Gasteiger partial charge in [-0.3, -0.25) is 0 Å². The van der Waals surface area contributed by atoms with Gasteiger partial charge in [0.05, 0.1) is 0 Å². The van der Waals surface area contributed by atoms with Gasteiger partial charge in [-0.05, 0) is 92.1 Å². The summed E-state index contributed by atoms with van der Waals surface area (Å²) in [5.74, 6) is -0.240. The minimum atomic E-state index is -0.720. The Balaban J connectivity index is 2.63. The molecule has 0 heterocycles. The van der Waals surface area contributed by atoms with E-state index in [9.17, 15) is 9.50 Å². The van der Waals surface area contributed by atoms with E-state index in [1.807, 2.05) is 13.8 Å². The van der Waals surface area contributed by atoms with Crippen LogP contribution in [0.15, 0.2) is 18.2 Å². The van der Waals surface area contributed by atoms with Crippen molar-refractivity contribution in [3.8, 4) is 0 Å². The molecule has 2 heteroatoms. The van der Waals surface area contributed by atoms with Crippen LogP contribution in [0, 0.1) is 47.4 Å². The van der Waals surface area contributed by atoms with Gasteiger partial charge in [0.2, 0.25) is 0 Å². The highest BCUT2D eigenvalue weighted by atomic mass is 19.1. The summed E-state index contributed by atoms with van der Waals surface area (Å²) in [6, 6.07) is 4.81. The standard InChI is InChI=1S/C19H23FO/c1-10-9-16(7-8-17(10)20)19(21)18-14(5)12(3)11(2)13(4)15(18)6/h7-9,19,21H,1-6H3. The maximum atomic E-state index is 13.4. The van der Waals surface area contributed by atoms with E-state index in [2.05, 4.69) is 20.8 Å². The van der Waals surface area contributed by atoms with Gasteiger partial charge in [-0.2, -0.15) is 0 Å². The van der Waals surface area contributed by atoms with Gasteiger partial charge in [0.1, 0.15) is 11.9 Å². The van der Waals surface area contributed by atoms with Crippen molar-refractivity contribution in [2.24, 2.45) is 0 Å². The molecule has 2 rings (SSSR count). The monoisotopic (exact) mass is 286 g/mol. The number of rotatable bonds is 2. The van der Waals surface area contributed by atoms with E-state index in [0.717, 1.165) is 22.3 Å². The van der Waals surface area contributed by atoms with Crippen molar-refractivity contribution >= 4 is 0 Å². The molecule has 0 bridgehead atoms. The zero-order chi connectivity index (χ0) is 15.9. The minimum Gasteiger partial charge on any atom is -0.384 e. The van der Waals surface area contributed by atoms with Gasteiger partial charge in [-0.15, -0.1) is 0 Å². The number of hydrogen-bond acceptors (Lipinski definition) is 1. The molecule has 0 aromatic heterocycles. The summed E-state index contributed by atoms with van der Waals surface area (Å²) in [5.41, 5.74) is 8.18. The largest absolute Gasteiger partial charge is 0.384 e. The zero-order valence-corrected chi connectivity index (χ0v) is 13.6. The van der Waals surface area contributed by atoms with Gasteiger partial charge in [-0.25, -0.2) is 4.39 Å². The molecular formula is C19H23FO. The summed E-state index contributed by atoms with van der Waals surface area (Å²) in [4.78, 5) is 0. The maximum Gasteiger partial charge on any atom is 0.126 e. The molecule has 0 radical (unpaired) electrons. The molecule has 0 aliphatic rings. The summed E-state index contributed by atoms with van der Waals surface area (Å²) >= 11 is 0. The van der Waals surface area contributed by atoms with Crippen LogP contribution >= 0.6 is 0 Å². The highest BCUT2D eigenvalue weighted by Crippen LogP contribution is 2.34. The van der Waals surface area contributed by atoms with Gasteiger partial charge >= 0.3 is 0 Å². The van der Waals surface area contributed by atoms with E-state index < -0.39 is 6.10 Å². The second-order valence-electron chi connectivity index (χ2n) is 5.95. The molecule has 0 saturated carbocycles. The van der Waals surface area contributed by atoms with Crippen LogP contribution in [0.2, 0.25) is 0 Å². The first-order chi connectivity index (χ1) is 9.75. The molecule has 1 N–H and O–H groups in total. The van der Waals surface area contributed by atoms with Crippen molar-refractivity contribution in [1.82, 2.24) is 0 Å². The molecule has 0 fully saturated rings. The Hall–Kier alpha value is -1.67. The molecule has 1 atom stereocenters. The van der Waals surface area contributed by atoms with Crippen molar-refractivity contribution < 1.29 is 9.50 Å². The van der Waals surface area contributed by atoms with Crippen molar-refractivity contribution in [2.75, 3.05) is 0 Å². The summed E-state index contributed by atoms with van der Waals surface area (Å²) < 4.78 is 13.4. The Bertz CT molecular complexity index is 672. The molecule has 0 saturated heterocycles. The maximum absolute atomic E-state index is 13.4. The fraction of sp³-hybridized carbons (Fsp3) is 0.368. The summed E-state index contributed by atoms with van der Waals surface area (Å²) in [5, 5.41) is 10.8. The molecule has 1 unspecified atom stereocenters. The number of benzene rings is 2. The minimum absolute atomic E-state index is 0.240. The normalized spacial score (nSPS) is 12.6. The average Bonchev–Trinajstić information content (AvgIpc) is 2.46. The summed E-state index contributed by atoms with van der Waals surface area (Å²) in [6.45, 7) is 12.1. The quantitative estimate of drug-likeness (QED) is 0.844. The molecule has 0 aliphatic carbocycles. The van der Waals surface area contributed by atoms with E-state index >= 15 is 0 Å². The predicted octanol–water partition coefficient (Wildman–Crippen LogP) is 4.76. The Morgan fingerprint density at radius 1 is 0.810 bits per heavy atom. The topological polar surface area (TPSA) is 20.2 Å². The van der Waals surface area contributed by atoms with Gasteiger partial charge in [0.25, 0.3) is 0 Å². The van der Waals surface area contributed by atoms with Crippen molar-refractivity contribution in [1.29, 1.82) is 0 Å². The van der Waals surface area contributed by atoms with E-state index in [1.54, 1.807) is 19.1 Å². The molecule has 0 aliphatic heterocycles. The highest BCUT2D eigenvalue weighted by molar-refractivity contribution is 5.52. The molecule has 2 aromatic carbocycles. The van der Waals surface area contributed by atoms with Crippen LogP contribution in [0.5, 0.6) is 0 Å². The summed E-state index contributed by atoms with van der Waals surface area (Å²) in [7, 11) is 0. The van der Waals surface area contributed by atoms with Crippen LogP contribution in [0.25, 0.3) is 0 Å². The lowest BCUT2D eigenvalue weighted by Gasteiger charge is -2.23. The van der Waals surface area contributed by atoms with Gasteiger partial charge in [0.15, 0.2) is 0 Å².